The summed E-state index contributed by atoms with van der Waals surface area (Å²) >= 11 is 1.36. The second-order valence-corrected chi connectivity index (χ2v) is 7.96. The van der Waals surface area contributed by atoms with E-state index in [2.05, 4.69) is 22.1 Å². The summed E-state index contributed by atoms with van der Waals surface area (Å²) in [5.74, 6) is -0.306. The van der Waals surface area contributed by atoms with Gasteiger partial charge in [-0.15, -0.1) is 11.3 Å². The topological polar surface area (TPSA) is 65.5 Å². The molecule has 0 saturated carbocycles. The number of hydrogen-bond donors (Lipinski definition) is 1. The molecule has 0 aliphatic heterocycles. The van der Waals surface area contributed by atoms with Crippen molar-refractivity contribution in [3.63, 3.8) is 0 Å². The SMILES string of the molecule is CC(=O)N(c1ccccc1)c1nc(C=CC(=O)NCC(C)N(C)c2ccccc2)cs1. The first-order valence-corrected chi connectivity index (χ1v) is 10.9. The van der Waals surface area contributed by atoms with Crippen molar-refractivity contribution < 1.29 is 9.59 Å². The highest BCUT2D eigenvalue weighted by atomic mass is 32.1. The van der Waals surface area contributed by atoms with E-state index in [-0.39, 0.29) is 17.9 Å². The third-order valence-corrected chi connectivity index (χ3v) is 5.68. The lowest BCUT2D eigenvalue weighted by Gasteiger charge is -2.27. The number of hydrogen-bond acceptors (Lipinski definition) is 5. The van der Waals surface area contributed by atoms with Crippen LogP contribution < -0.4 is 15.1 Å². The molecule has 6 nitrogen and oxygen atoms in total. The zero-order valence-electron chi connectivity index (χ0n) is 17.9. The fourth-order valence-electron chi connectivity index (χ4n) is 2.98. The Labute approximate surface area is 186 Å². The molecule has 1 unspecified atom stereocenters. The van der Waals surface area contributed by atoms with Gasteiger partial charge in [0.2, 0.25) is 11.8 Å². The van der Waals surface area contributed by atoms with Gasteiger partial charge in [0.1, 0.15) is 0 Å². The quantitative estimate of drug-likeness (QED) is 0.531. The lowest BCUT2D eigenvalue weighted by atomic mass is 10.2. The molecular formula is C24H26N4O2S. The van der Waals surface area contributed by atoms with Gasteiger partial charge in [0.15, 0.2) is 5.13 Å². The normalized spacial score (nSPS) is 11.8. The van der Waals surface area contributed by atoms with Crippen LogP contribution in [0.4, 0.5) is 16.5 Å². The number of likely N-dealkylation sites (N-methyl/N-ethyl adjacent to an activating group) is 1. The molecule has 0 spiro atoms. The molecular weight excluding hydrogens is 408 g/mol. The minimum atomic E-state index is -0.186. The molecule has 0 radical (unpaired) electrons. The lowest BCUT2D eigenvalue weighted by Crippen LogP contribution is -2.39. The molecule has 31 heavy (non-hydrogen) atoms. The van der Waals surface area contributed by atoms with E-state index in [9.17, 15) is 9.59 Å². The van der Waals surface area contributed by atoms with Gasteiger partial charge in [-0.05, 0) is 37.3 Å². The Kier molecular flexibility index (Phi) is 7.56. The number of nitrogens with zero attached hydrogens (tertiary/aromatic N) is 3. The molecule has 0 fully saturated rings. The number of benzene rings is 2. The summed E-state index contributed by atoms with van der Waals surface area (Å²) in [7, 11) is 2.01. The van der Waals surface area contributed by atoms with Gasteiger partial charge < -0.3 is 10.2 Å². The summed E-state index contributed by atoms with van der Waals surface area (Å²) < 4.78 is 0. The minimum absolute atomic E-state index is 0.120. The number of carbonyl (C=O) groups is 2. The number of thiazole rings is 1. The molecule has 0 saturated heterocycles. The second-order valence-electron chi connectivity index (χ2n) is 7.12. The van der Waals surface area contributed by atoms with E-state index in [1.807, 2.05) is 73.1 Å². The molecule has 160 valence electrons. The van der Waals surface area contributed by atoms with E-state index in [4.69, 9.17) is 0 Å². The smallest absolute Gasteiger partial charge is 0.244 e. The Morgan fingerprint density at radius 1 is 1.06 bits per heavy atom. The largest absolute Gasteiger partial charge is 0.370 e. The number of carbonyl (C=O) groups excluding carboxylic acids is 2. The molecule has 3 rings (SSSR count). The first-order chi connectivity index (χ1) is 15.0. The molecule has 7 heteroatoms. The van der Waals surface area contributed by atoms with Crippen LogP contribution in [-0.4, -0.2) is 36.4 Å². The number of anilines is 3. The summed E-state index contributed by atoms with van der Waals surface area (Å²) in [6, 6.07) is 19.6. The van der Waals surface area contributed by atoms with Crippen molar-refractivity contribution in [2.24, 2.45) is 0 Å². The highest BCUT2D eigenvalue weighted by molar-refractivity contribution is 7.14. The van der Waals surface area contributed by atoms with Crippen molar-refractivity contribution >= 4 is 45.7 Å². The molecule has 2 amide bonds. The summed E-state index contributed by atoms with van der Waals surface area (Å²) in [6.07, 6.45) is 3.12. The molecule has 1 atom stereocenters. The standard InChI is InChI=1S/C24H26N4O2S/c1-18(27(3)21-10-6-4-7-11-21)16-25-23(30)15-14-20-17-31-24(26-20)28(19(2)29)22-12-8-5-9-13-22/h4-15,17-18H,16H2,1-3H3,(H,25,30). The molecule has 1 aromatic heterocycles. The Bertz CT molecular complexity index is 1030. The maximum absolute atomic E-state index is 12.2. The van der Waals surface area contributed by atoms with Crippen molar-refractivity contribution in [3.05, 3.63) is 77.8 Å². The van der Waals surface area contributed by atoms with Crippen LogP contribution in [0.15, 0.2) is 72.1 Å². The average Bonchev–Trinajstić information content (AvgIpc) is 3.25. The molecule has 3 aromatic rings. The zero-order chi connectivity index (χ0) is 22.2. The van der Waals surface area contributed by atoms with Gasteiger partial charge in [0.05, 0.1) is 11.4 Å². The number of nitrogens with one attached hydrogen (secondary N) is 1. The minimum Gasteiger partial charge on any atom is -0.370 e. The van der Waals surface area contributed by atoms with Crippen LogP contribution in [0.1, 0.15) is 19.5 Å². The number of amides is 2. The van der Waals surface area contributed by atoms with Gasteiger partial charge in [-0.25, -0.2) is 4.98 Å². The molecule has 0 aliphatic carbocycles. The molecule has 1 N–H and O–H groups in total. The van der Waals surface area contributed by atoms with Crippen LogP contribution in [0.5, 0.6) is 0 Å². The Morgan fingerprint density at radius 3 is 2.29 bits per heavy atom. The van der Waals surface area contributed by atoms with E-state index in [0.29, 0.717) is 17.4 Å². The lowest BCUT2D eigenvalue weighted by molar-refractivity contribution is -0.117. The zero-order valence-corrected chi connectivity index (χ0v) is 18.7. The van der Waals surface area contributed by atoms with E-state index in [0.717, 1.165) is 11.4 Å². The van der Waals surface area contributed by atoms with Gasteiger partial charge in [-0.1, -0.05) is 36.4 Å². The molecule has 1 heterocycles. The van der Waals surface area contributed by atoms with Crippen molar-refractivity contribution in [2.75, 3.05) is 23.4 Å². The van der Waals surface area contributed by atoms with Crippen LogP contribution in [0.2, 0.25) is 0 Å². The monoisotopic (exact) mass is 434 g/mol. The predicted molar refractivity (Wildman–Crippen MR) is 128 cm³/mol. The van der Waals surface area contributed by atoms with E-state index in [1.165, 1.54) is 24.3 Å². The highest BCUT2D eigenvalue weighted by Gasteiger charge is 2.17. The number of rotatable bonds is 8. The second kappa shape index (κ2) is 10.5. The summed E-state index contributed by atoms with van der Waals surface area (Å²) in [5, 5.41) is 5.31. The number of para-hydroxylation sites is 2. The fourth-order valence-corrected chi connectivity index (χ4v) is 3.84. The van der Waals surface area contributed by atoms with Crippen molar-refractivity contribution in [2.45, 2.75) is 19.9 Å². The highest BCUT2D eigenvalue weighted by Crippen LogP contribution is 2.29. The Hall–Kier alpha value is -3.45. The van der Waals surface area contributed by atoms with Crippen LogP contribution >= 0.6 is 11.3 Å². The first kappa shape index (κ1) is 22.2. The average molecular weight is 435 g/mol. The van der Waals surface area contributed by atoms with Gasteiger partial charge in [-0.3, -0.25) is 14.5 Å². The van der Waals surface area contributed by atoms with Crippen LogP contribution in [0.3, 0.4) is 0 Å². The van der Waals surface area contributed by atoms with Crippen molar-refractivity contribution in [1.29, 1.82) is 0 Å². The first-order valence-electron chi connectivity index (χ1n) is 10.0. The summed E-state index contributed by atoms with van der Waals surface area (Å²) in [6.45, 7) is 4.08. The predicted octanol–water partition coefficient (Wildman–Crippen LogP) is 4.48. The van der Waals surface area contributed by atoms with E-state index < -0.39 is 0 Å². The Balaban J connectivity index is 1.58. The summed E-state index contributed by atoms with van der Waals surface area (Å²) in [5.41, 5.74) is 2.49. The third kappa shape index (κ3) is 6.02. The van der Waals surface area contributed by atoms with Gasteiger partial charge in [0, 0.05) is 43.7 Å². The molecule has 0 aliphatic rings. The van der Waals surface area contributed by atoms with Crippen LogP contribution in [-0.2, 0) is 9.59 Å². The maximum atomic E-state index is 12.2. The molecule has 2 aromatic carbocycles. The number of aromatic nitrogens is 1. The fraction of sp³-hybridized carbons (Fsp3) is 0.208. The summed E-state index contributed by atoms with van der Waals surface area (Å²) in [4.78, 5) is 32.6. The Morgan fingerprint density at radius 2 is 1.68 bits per heavy atom. The molecule has 0 bridgehead atoms. The van der Waals surface area contributed by atoms with Gasteiger partial charge in [0.25, 0.3) is 0 Å². The maximum Gasteiger partial charge on any atom is 0.244 e. The van der Waals surface area contributed by atoms with Crippen LogP contribution in [0.25, 0.3) is 6.08 Å². The van der Waals surface area contributed by atoms with E-state index in [1.54, 1.807) is 11.0 Å². The van der Waals surface area contributed by atoms with E-state index >= 15 is 0 Å². The van der Waals surface area contributed by atoms with Crippen molar-refractivity contribution in [3.8, 4) is 0 Å². The van der Waals surface area contributed by atoms with Crippen molar-refractivity contribution in [1.82, 2.24) is 10.3 Å². The van der Waals surface area contributed by atoms with Gasteiger partial charge >= 0.3 is 0 Å². The van der Waals surface area contributed by atoms with Crippen LogP contribution in [0, 0.1) is 0 Å². The third-order valence-electron chi connectivity index (χ3n) is 4.83. The van der Waals surface area contributed by atoms with Gasteiger partial charge in [-0.2, -0.15) is 0 Å².